The minimum Gasteiger partial charge on any atom is -0.385 e. The minimum absolute atomic E-state index is 0.0112. The third kappa shape index (κ3) is 8.32. The lowest BCUT2D eigenvalue weighted by Gasteiger charge is -2.13. The van der Waals surface area contributed by atoms with Gasteiger partial charge < -0.3 is 20.7 Å². The molecule has 3 N–H and O–H groups in total. The maximum Gasteiger partial charge on any atom is 0.237 e. The molecule has 0 unspecified atom stereocenters. The maximum atomic E-state index is 11.4. The second-order valence-electron chi connectivity index (χ2n) is 3.67. The van der Waals surface area contributed by atoms with Crippen molar-refractivity contribution in [1.29, 1.82) is 0 Å². The summed E-state index contributed by atoms with van der Waals surface area (Å²) >= 11 is 1.43. The van der Waals surface area contributed by atoms with Gasteiger partial charge in [-0.25, -0.2) is 0 Å². The molecule has 0 aromatic heterocycles. The Kier molecular flexibility index (Phi) is 10.8. The van der Waals surface area contributed by atoms with Crippen LogP contribution in [0.1, 0.15) is 6.42 Å². The van der Waals surface area contributed by atoms with Crippen LogP contribution in [0.2, 0.25) is 0 Å². The molecule has 0 aliphatic heterocycles. The highest BCUT2D eigenvalue weighted by Crippen LogP contribution is 2.02. The summed E-state index contributed by atoms with van der Waals surface area (Å²) in [5.41, 5.74) is 0. The van der Waals surface area contributed by atoms with E-state index in [0.717, 1.165) is 6.42 Å². The molecule has 0 aromatic carbocycles. The van der Waals surface area contributed by atoms with Crippen LogP contribution in [0, 0.1) is 0 Å². The largest absolute Gasteiger partial charge is 0.385 e. The topological polar surface area (TPSA) is 79.5 Å². The predicted octanol–water partition coefficient (Wildman–Crippen LogP) is -0.794. The van der Waals surface area contributed by atoms with Gasteiger partial charge >= 0.3 is 0 Å². The van der Waals surface area contributed by atoms with E-state index in [1.54, 1.807) is 21.2 Å². The predicted molar refractivity (Wildman–Crippen MR) is 73.7 cm³/mol. The van der Waals surface area contributed by atoms with Crippen LogP contribution in [-0.2, 0) is 14.3 Å². The van der Waals surface area contributed by atoms with Crippen molar-refractivity contribution in [3.05, 3.63) is 0 Å². The van der Waals surface area contributed by atoms with Crippen molar-refractivity contribution in [1.82, 2.24) is 16.0 Å². The summed E-state index contributed by atoms with van der Waals surface area (Å²) in [6.07, 6.45) is 0.810. The Balaban J connectivity index is 3.62. The van der Waals surface area contributed by atoms with Crippen LogP contribution in [0.15, 0.2) is 0 Å². The van der Waals surface area contributed by atoms with Crippen LogP contribution >= 0.6 is 11.8 Å². The van der Waals surface area contributed by atoms with Crippen LogP contribution < -0.4 is 16.0 Å². The summed E-state index contributed by atoms with van der Waals surface area (Å²) in [4.78, 5) is 22.8. The Labute approximate surface area is 113 Å². The lowest BCUT2D eigenvalue weighted by atomic mass is 10.3. The number of rotatable bonds is 10. The van der Waals surface area contributed by atoms with Crippen molar-refractivity contribution < 1.29 is 14.3 Å². The molecule has 0 aliphatic rings. The van der Waals surface area contributed by atoms with Gasteiger partial charge in [-0.1, -0.05) is 0 Å². The highest BCUT2D eigenvalue weighted by atomic mass is 32.2. The van der Waals surface area contributed by atoms with E-state index < -0.39 is 0 Å². The van der Waals surface area contributed by atoms with Gasteiger partial charge in [-0.15, -0.1) is 11.8 Å². The van der Waals surface area contributed by atoms with Crippen LogP contribution in [0.5, 0.6) is 0 Å². The molecule has 7 heteroatoms. The van der Waals surface area contributed by atoms with Gasteiger partial charge in [0.2, 0.25) is 11.8 Å². The fourth-order valence-corrected chi connectivity index (χ4v) is 2.19. The van der Waals surface area contributed by atoms with Crippen LogP contribution in [0.3, 0.4) is 0 Å². The molecule has 0 spiro atoms. The summed E-state index contributed by atoms with van der Waals surface area (Å²) in [6, 6.07) is -0.263. The SMILES string of the molecule is CNC(=O)[C@H](CSCC(=O)NCCCOC)NC. The van der Waals surface area contributed by atoms with Gasteiger partial charge in [0.25, 0.3) is 0 Å². The van der Waals surface area contributed by atoms with E-state index in [4.69, 9.17) is 4.74 Å². The van der Waals surface area contributed by atoms with Crippen molar-refractivity contribution in [3.8, 4) is 0 Å². The number of likely N-dealkylation sites (N-methyl/N-ethyl adjacent to an activating group) is 2. The molecule has 106 valence electrons. The molecule has 0 saturated heterocycles. The Hall–Kier alpha value is -0.790. The third-order valence-corrected chi connectivity index (χ3v) is 3.31. The number of methoxy groups -OCH3 is 1. The van der Waals surface area contributed by atoms with E-state index in [1.165, 1.54) is 11.8 Å². The molecule has 0 aliphatic carbocycles. The van der Waals surface area contributed by atoms with E-state index in [1.807, 2.05) is 0 Å². The molecular weight excluding hydrogens is 254 g/mol. The average Bonchev–Trinajstić information content (AvgIpc) is 2.39. The maximum absolute atomic E-state index is 11.4. The van der Waals surface area contributed by atoms with Gasteiger partial charge in [-0.2, -0.15) is 0 Å². The smallest absolute Gasteiger partial charge is 0.237 e. The molecule has 1 atom stereocenters. The molecule has 6 nitrogen and oxygen atoms in total. The number of amides is 2. The first kappa shape index (κ1) is 17.2. The molecular formula is C11H23N3O3S. The number of hydrogen-bond acceptors (Lipinski definition) is 5. The number of carbonyl (C=O) groups excluding carboxylic acids is 2. The normalized spacial score (nSPS) is 11.9. The molecule has 0 aromatic rings. The number of hydrogen-bond donors (Lipinski definition) is 3. The average molecular weight is 277 g/mol. The highest BCUT2D eigenvalue weighted by molar-refractivity contribution is 8.00. The van der Waals surface area contributed by atoms with Gasteiger partial charge in [0.1, 0.15) is 0 Å². The first-order chi connectivity index (χ1) is 8.65. The van der Waals surface area contributed by atoms with Crippen LogP contribution in [0.25, 0.3) is 0 Å². The van der Waals surface area contributed by atoms with Crippen molar-refractivity contribution in [2.45, 2.75) is 12.5 Å². The highest BCUT2D eigenvalue weighted by Gasteiger charge is 2.14. The number of thioether (sulfide) groups is 1. The van der Waals surface area contributed by atoms with E-state index in [0.29, 0.717) is 24.7 Å². The van der Waals surface area contributed by atoms with E-state index in [2.05, 4.69) is 16.0 Å². The summed E-state index contributed by atoms with van der Waals surface area (Å²) in [5, 5.41) is 8.27. The van der Waals surface area contributed by atoms with E-state index in [9.17, 15) is 9.59 Å². The van der Waals surface area contributed by atoms with E-state index >= 15 is 0 Å². The summed E-state index contributed by atoms with van der Waals surface area (Å²) in [7, 11) is 4.96. The van der Waals surface area contributed by atoms with Crippen molar-refractivity contribution >= 4 is 23.6 Å². The molecule has 0 saturated carbocycles. The minimum atomic E-state index is -0.263. The number of nitrogens with one attached hydrogen (secondary N) is 3. The van der Waals surface area contributed by atoms with Crippen LogP contribution in [0.4, 0.5) is 0 Å². The van der Waals surface area contributed by atoms with Gasteiger partial charge in [0, 0.05) is 33.1 Å². The number of ether oxygens (including phenoxy) is 1. The fourth-order valence-electron chi connectivity index (χ4n) is 1.23. The van der Waals surface area contributed by atoms with E-state index in [-0.39, 0.29) is 17.9 Å². The van der Waals surface area contributed by atoms with Gasteiger partial charge in [-0.05, 0) is 13.5 Å². The summed E-state index contributed by atoms with van der Waals surface area (Å²) in [5.74, 6) is 0.859. The molecule has 0 bridgehead atoms. The molecule has 0 rings (SSSR count). The second kappa shape index (κ2) is 11.3. The zero-order chi connectivity index (χ0) is 13.8. The van der Waals surface area contributed by atoms with Crippen LogP contribution in [-0.4, -0.2) is 63.7 Å². The molecule has 0 radical (unpaired) electrons. The Morgan fingerprint density at radius 1 is 1.33 bits per heavy atom. The monoisotopic (exact) mass is 277 g/mol. The summed E-state index contributed by atoms with van der Waals surface area (Å²) < 4.78 is 4.88. The lowest BCUT2D eigenvalue weighted by Crippen LogP contribution is -2.43. The van der Waals surface area contributed by atoms with Crippen molar-refractivity contribution in [2.24, 2.45) is 0 Å². The summed E-state index contributed by atoms with van der Waals surface area (Å²) in [6.45, 7) is 1.27. The fraction of sp³-hybridized carbons (Fsp3) is 0.818. The zero-order valence-corrected chi connectivity index (χ0v) is 12.1. The molecule has 2 amide bonds. The van der Waals surface area contributed by atoms with Crippen molar-refractivity contribution in [2.75, 3.05) is 45.9 Å². The van der Waals surface area contributed by atoms with Gasteiger partial charge in [0.15, 0.2) is 0 Å². The first-order valence-electron chi connectivity index (χ1n) is 5.88. The quantitative estimate of drug-likeness (QED) is 0.456. The zero-order valence-electron chi connectivity index (χ0n) is 11.2. The molecule has 0 heterocycles. The first-order valence-corrected chi connectivity index (χ1v) is 7.03. The Morgan fingerprint density at radius 3 is 2.61 bits per heavy atom. The number of carbonyl (C=O) groups is 2. The van der Waals surface area contributed by atoms with Gasteiger partial charge in [0.05, 0.1) is 11.8 Å². The third-order valence-electron chi connectivity index (χ3n) is 2.28. The second-order valence-corrected chi connectivity index (χ2v) is 4.70. The van der Waals surface area contributed by atoms with Crippen molar-refractivity contribution in [3.63, 3.8) is 0 Å². The standard InChI is InChI=1S/C11H23N3O3S/c1-12-9(11(16)13-2)7-18-8-10(15)14-5-4-6-17-3/h9,12H,4-8H2,1-3H3,(H,13,16)(H,14,15)/t9-/m0/s1. The van der Waals surface area contributed by atoms with Gasteiger partial charge in [-0.3, -0.25) is 9.59 Å². The molecule has 18 heavy (non-hydrogen) atoms. The Bertz CT molecular complexity index is 252. The lowest BCUT2D eigenvalue weighted by molar-refractivity contribution is -0.122. The Morgan fingerprint density at radius 2 is 2.06 bits per heavy atom. The molecule has 0 fully saturated rings.